The van der Waals surface area contributed by atoms with Crippen LogP contribution in [0.15, 0.2) is 10.7 Å². The van der Waals surface area contributed by atoms with E-state index in [1.165, 1.54) is 17.6 Å². The number of hydrogen-bond acceptors (Lipinski definition) is 7. The van der Waals surface area contributed by atoms with Gasteiger partial charge in [0.15, 0.2) is 10.8 Å². The summed E-state index contributed by atoms with van der Waals surface area (Å²) in [6, 6.07) is 0.229. The molecule has 0 aromatic carbocycles. The number of aromatic nitrogens is 2. The molecule has 0 aliphatic rings. The number of esters is 1. The molecule has 96 valence electrons. The molecule has 0 unspecified atom stereocenters. The molecule has 0 saturated carbocycles. The highest BCUT2D eigenvalue weighted by molar-refractivity contribution is 7.15. The zero-order valence-corrected chi connectivity index (χ0v) is 11.1. The van der Waals surface area contributed by atoms with Crippen LogP contribution in [0.25, 0.3) is 0 Å². The third kappa shape index (κ3) is 2.67. The average Bonchev–Trinajstić information content (AvgIpc) is 2.88. The molecule has 2 aromatic heterocycles. The molecule has 7 heteroatoms. The summed E-state index contributed by atoms with van der Waals surface area (Å²) in [5, 5.41) is 3.59. The topological polar surface area (TPSA) is 77.2 Å². The van der Waals surface area contributed by atoms with Gasteiger partial charge >= 0.3 is 12.0 Å². The first-order chi connectivity index (χ1) is 8.60. The number of carbonyl (C=O) groups is 1. The van der Waals surface area contributed by atoms with E-state index >= 15 is 0 Å². The summed E-state index contributed by atoms with van der Waals surface area (Å²) in [5.41, 5.74) is 1.10. The maximum atomic E-state index is 11.4. The van der Waals surface area contributed by atoms with Crippen molar-refractivity contribution in [3.63, 3.8) is 0 Å². The minimum absolute atomic E-state index is 0.143. The molecule has 18 heavy (non-hydrogen) atoms. The van der Waals surface area contributed by atoms with Gasteiger partial charge < -0.3 is 9.15 Å². The standard InChI is InChI=1S/C11H13N3O3S/c1-4-16-9(15)8-5-17-10(13-8)14-11-12-6(2)7(3)18-11/h5H,4H2,1-3H3,(H,12,13,14). The lowest BCUT2D eigenvalue weighted by molar-refractivity contribution is 0.0519. The van der Waals surface area contributed by atoms with E-state index < -0.39 is 5.97 Å². The number of ether oxygens (including phenoxy) is 1. The highest BCUT2D eigenvalue weighted by Crippen LogP contribution is 2.24. The van der Waals surface area contributed by atoms with E-state index in [0.717, 1.165) is 10.6 Å². The highest BCUT2D eigenvalue weighted by atomic mass is 32.1. The first kappa shape index (κ1) is 12.6. The maximum Gasteiger partial charge on any atom is 0.360 e. The van der Waals surface area contributed by atoms with Crippen LogP contribution in [0, 0.1) is 13.8 Å². The predicted octanol–water partition coefficient (Wildman–Crippen LogP) is 2.67. The molecule has 0 atom stereocenters. The summed E-state index contributed by atoms with van der Waals surface area (Å²) in [5.74, 6) is -0.499. The molecule has 0 aliphatic heterocycles. The lowest BCUT2D eigenvalue weighted by atomic mass is 10.4. The molecule has 0 fully saturated rings. The van der Waals surface area contributed by atoms with E-state index in [1.807, 2.05) is 13.8 Å². The number of nitrogens with zero attached hydrogens (tertiary/aromatic N) is 2. The Labute approximate surface area is 108 Å². The van der Waals surface area contributed by atoms with Crippen molar-refractivity contribution in [1.29, 1.82) is 0 Å². The Morgan fingerprint density at radius 2 is 2.28 bits per heavy atom. The summed E-state index contributed by atoms with van der Waals surface area (Å²) >= 11 is 1.50. The van der Waals surface area contributed by atoms with Crippen molar-refractivity contribution in [3.8, 4) is 0 Å². The van der Waals surface area contributed by atoms with Crippen LogP contribution < -0.4 is 5.32 Å². The van der Waals surface area contributed by atoms with E-state index in [1.54, 1.807) is 6.92 Å². The van der Waals surface area contributed by atoms with Crippen molar-refractivity contribution < 1.29 is 13.9 Å². The summed E-state index contributed by atoms with van der Waals surface area (Å²) < 4.78 is 9.94. The molecule has 2 aromatic rings. The number of thiazole rings is 1. The van der Waals surface area contributed by atoms with Gasteiger partial charge in [0.25, 0.3) is 0 Å². The second-order valence-corrected chi connectivity index (χ2v) is 4.75. The number of rotatable bonds is 4. The molecular weight excluding hydrogens is 254 g/mol. The average molecular weight is 267 g/mol. The quantitative estimate of drug-likeness (QED) is 0.858. The van der Waals surface area contributed by atoms with Crippen LogP contribution in [0.4, 0.5) is 11.1 Å². The molecule has 0 bridgehead atoms. The van der Waals surface area contributed by atoms with E-state index in [9.17, 15) is 4.79 Å². The third-order valence-corrected chi connectivity index (χ3v) is 3.22. The van der Waals surface area contributed by atoms with E-state index in [2.05, 4.69) is 15.3 Å². The fourth-order valence-corrected chi connectivity index (χ4v) is 2.05. The first-order valence-electron chi connectivity index (χ1n) is 5.44. The number of oxazole rings is 1. The van der Waals surface area contributed by atoms with Gasteiger partial charge in [0.1, 0.15) is 6.26 Å². The van der Waals surface area contributed by atoms with Crippen LogP contribution in [0.2, 0.25) is 0 Å². The number of hydrogen-bond donors (Lipinski definition) is 1. The monoisotopic (exact) mass is 267 g/mol. The maximum absolute atomic E-state index is 11.4. The van der Waals surface area contributed by atoms with Gasteiger partial charge in [-0.15, -0.1) is 11.3 Å². The Hall–Kier alpha value is -1.89. The van der Waals surface area contributed by atoms with Crippen molar-refractivity contribution in [1.82, 2.24) is 9.97 Å². The van der Waals surface area contributed by atoms with E-state index in [-0.39, 0.29) is 11.7 Å². The number of nitrogens with one attached hydrogen (secondary N) is 1. The van der Waals surface area contributed by atoms with Crippen LogP contribution in [-0.4, -0.2) is 22.5 Å². The molecule has 0 amide bonds. The third-order valence-electron chi connectivity index (χ3n) is 2.23. The Bertz CT molecular complexity index is 542. The van der Waals surface area contributed by atoms with Gasteiger partial charge in [0.05, 0.1) is 12.3 Å². The van der Waals surface area contributed by atoms with E-state index in [4.69, 9.17) is 9.15 Å². The lowest BCUT2D eigenvalue weighted by Gasteiger charge is -1.95. The van der Waals surface area contributed by atoms with Gasteiger partial charge in [-0.05, 0) is 20.8 Å². The molecule has 2 heterocycles. The van der Waals surface area contributed by atoms with Crippen molar-refractivity contribution in [2.24, 2.45) is 0 Å². The minimum atomic E-state index is -0.499. The molecule has 2 rings (SSSR count). The second-order valence-electron chi connectivity index (χ2n) is 3.54. The van der Waals surface area contributed by atoms with Gasteiger partial charge in [-0.1, -0.05) is 0 Å². The van der Waals surface area contributed by atoms with Crippen molar-refractivity contribution in [2.75, 3.05) is 11.9 Å². The van der Waals surface area contributed by atoms with Crippen LogP contribution in [-0.2, 0) is 4.74 Å². The van der Waals surface area contributed by atoms with Gasteiger partial charge in [0.2, 0.25) is 0 Å². The fourth-order valence-electron chi connectivity index (χ4n) is 1.25. The first-order valence-corrected chi connectivity index (χ1v) is 6.25. The van der Waals surface area contributed by atoms with Crippen molar-refractivity contribution in [2.45, 2.75) is 20.8 Å². The largest absolute Gasteiger partial charge is 0.461 e. The molecular formula is C11H13N3O3S. The minimum Gasteiger partial charge on any atom is -0.461 e. The Balaban J connectivity index is 2.09. The smallest absolute Gasteiger partial charge is 0.360 e. The zero-order valence-electron chi connectivity index (χ0n) is 10.3. The summed E-state index contributed by atoms with van der Waals surface area (Å²) in [6.07, 6.45) is 1.26. The lowest BCUT2D eigenvalue weighted by Crippen LogP contribution is -2.04. The molecule has 0 aliphatic carbocycles. The molecule has 0 spiro atoms. The Morgan fingerprint density at radius 1 is 1.50 bits per heavy atom. The van der Waals surface area contributed by atoms with Crippen LogP contribution >= 0.6 is 11.3 Å². The van der Waals surface area contributed by atoms with Gasteiger partial charge in [-0.25, -0.2) is 9.78 Å². The normalized spacial score (nSPS) is 10.4. The van der Waals surface area contributed by atoms with Crippen LogP contribution in [0.5, 0.6) is 0 Å². The Kier molecular flexibility index (Phi) is 3.61. The molecule has 6 nitrogen and oxygen atoms in total. The van der Waals surface area contributed by atoms with Gasteiger partial charge in [-0.2, -0.15) is 4.98 Å². The van der Waals surface area contributed by atoms with Crippen molar-refractivity contribution >= 4 is 28.5 Å². The second kappa shape index (κ2) is 5.18. The van der Waals surface area contributed by atoms with Crippen LogP contribution in [0.1, 0.15) is 28.0 Å². The number of aryl methyl sites for hydroxylation is 2. The van der Waals surface area contributed by atoms with E-state index in [0.29, 0.717) is 11.7 Å². The molecule has 0 radical (unpaired) electrons. The van der Waals surface area contributed by atoms with Gasteiger partial charge in [-0.3, -0.25) is 5.32 Å². The fraction of sp³-hybridized carbons (Fsp3) is 0.364. The molecule has 0 saturated heterocycles. The molecule has 1 N–H and O–H groups in total. The number of carbonyl (C=O) groups excluding carboxylic acids is 1. The summed E-state index contributed by atoms with van der Waals surface area (Å²) in [6.45, 7) is 5.95. The number of anilines is 2. The predicted molar refractivity (Wildman–Crippen MR) is 67.3 cm³/mol. The van der Waals surface area contributed by atoms with Crippen molar-refractivity contribution in [3.05, 3.63) is 22.5 Å². The SMILES string of the molecule is CCOC(=O)c1coc(Nc2nc(C)c(C)s2)n1. The van der Waals surface area contributed by atoms with Crippen LogP contribution in [0.3, 0.4) is 0 Å². The van der Waals surface area contributed by atoms with Gasteiger partial charge in [0, 0.05) is 4.88 Å². The Morgan fingerprint density at radius 3 is 2.89 bits per heavy atom. The zero-order chi connectivity index (χ0) is 13.1. The summed E-state index contributed by atoms with van der Waals surface area (Å²) in [7, 11) is 0. The highest BCUT2D eigenvalue weighted by Gasteiger charge is 2.14. The summed E-state index contributed by atoms with van der Waals surface area (Å²) in [4.78, 5) is 20.8.